The van der Waals surface area contributed by atoms with Crippen molar-refractivity contribution in [3.63, 3.8) is 0 Å². The van der Waals surface area contributed by atoms with Crippen LogP contribution in [0, 0.1) is 17.1 Å². The number of fused-ring (bicyclic) bond motifs is 1. The number of hydrogen-bond acceptors (Lipinski definition) is 9. The number of amides is 1. The van der Waals surface area contributed by atoms with Crippen molar-refractivity contribution in [2.45, 2.75) is 58.2 Å². The lowest BCUT2D eigenvalue weighted by atomic mass is 10.0. The van der Waals surface area contributed by atoms with Crippen molar-refractivity contribution in [1.82, 2.24) is 19.4 Å². The normalized spacial score (nSPS) is 12.3. The summed E-state index contributed by atoms with van der Waals surface area (Å²) in [5.41, 5.74) is 2.32. The number of nitriles is 1. The maximum Gasteiger partial charge on any atom is 0.416 e. The number of benzene rings is 4. The number of alkyl halides is 3. The van der Waals surface area contributed by atoms with E-state index in [2.05, 4.69) is 23.7 Å². The summed E-state index contributed by atoms with van der Waals surface area (Å²) in [4.78, 5) is 55.1. The first kappa shape index (κ1) is 46.2. The second-order valence-electron chi connectivity index (χ2n) is 13.5. The first-order valence-electron chi connectivity index (χ1n) is 18.7. The molecule has 0 bridgehead atoms. The molecule has 0 saturated carbocycles. The van der Waals surface area contributed by atoms with Crippen LogP contribution in [0.3, 0.4) is 0 Å². The van der Waals surface area contributed by atoms with E-state index in [1.165, 1.54) is 24.3 Å². The molecule has 1 aromatic heterocycles. The molecule has 4 N–H and O–H groups in total. The number of halogens is 4. The SMILES string of the molecule is CCN(CC)CCN(Cc1ccc(-c2ccc(C(F)(F)F)cc2)cc1)C(=O)Cn1c(CCc2ccc(F)c(C#N)c2)nc(=O)c2ccccc21.O=C(O)C(O)C(O)C(=O)O. The number of aryl methyl sites for hydroxylation is 2. The van der Waals surface area contributed by atoms with Gasteiger partial charge in [0.2, 0.25) is 5.91 Å². The first-order valence-corrected chi connectivity index (χ1v) is 18.7. The van der Waals surface area contributed by atoms with E-state index in [9.17, 15) is 42.0 Å². The average Bonchev–Trinajstić information content (AvgIpc) is 3.23. The van der Waals surface area contributed by atoms with Gasteiger partial charge in [-0.3, -0.25) is 9.59 Å². The molecule has 0 aliphatic carbocycles. The van der Waals surface area contributed by atoms with Crippen molar-refractivity contribution >= 4 is 28.7 Å². The number of para-hydroxylation sites is 1. The zero-order valence-electron chi connectivity index (χ0n) is 32.6. The van der Waals surface area contributed by atoms with Crippen LogP contribution >= 0.6 is 0 Å². The van der Waals surface area contributed by atoms with Crippen molar-refractivity contribution in [3.8, 4) is 17.2 Å². The third-order valence-corrected chi connectivity index (χ3v) is 9.66. The highest BCUT2D eigenvalue weighted by Crippen LogP contribution is 2.31. The van der Waals surface area contributed by atoms with Gasteiger partial charge in [-0.05, 0) is 78.2 Å². The van der Waals surface area contributed by atoms with Crippen LogP contribution in [0.5, 0.6) is 0 Å². The topological polar surface area (TPSA) is 197 Å². The van der Waals surface area contributed by atoms with Crippen molar-refractivity contribution in [3.05, 3.63) is 135 Å². The zero-order valence-corrected chi connectivity index (χ0v) is 32.6. The molecule has 13 nitrogen and oxygen atoms in total. The number of carbonyl (C=O) groups is 3. The van der Waals surface area contributed by atoms with Gasteiger partial charge in [-0.25, -0.2) is 14.0 Å². The second kappa shape index (κ2) is 21.0. The third-order valence-electron chi connectivity index (χ3n) is 9.66. The maximum absolute atomic E-state index is 14.2. The van der Waals surface area contributed by atoms with Gasteiger partial charge in [0.1, 0.15) is 24.3 Å². The number of hydrogen-bond donors (Lipinski definition) is 4. The van der Waals surface area contributed by atoms with Gasteiger partial charge in [0.25, 0.3) is 5.56 Å². The van der Waals surface area contributed by atoms with E-state index in [1.54, 1.807) is 39.8 Å². The molecule has 1 amide bonds. The molecular formula is C43H43F4N5O8. The number of carboxylic acids is 2. The van der Waals surface area contributed by atoms with Gasteiger partial charge in [-0.15, -0.1) is 0 Å². The minimum absolute atomic E-state index is 0.0715. The molecule has 0 saturated heterocycles. The third kappa shape index (κ3) is 12.3. The van der Waals surface area contributed by atoms with Crippen LogP contribution in [0.1, 0.15) is 41.9 Å². The van der Waals surface area contributed by atoms with Crippen molar-refractivity contribution in [1.29, 1.82) is 5.26 Å². The molecule has 4 aromatic carbocycles. The number of carboxylic acid groups (broad SMARTS) is 2. The van der Waals surface area contributed by atoms with Gasteiger partial charge < -0.3 is 34.8 Å². The van der Waals surface area contributed by atoms with E-state index in [1.807, 2.05) is 30.3 Å². The summed E-state index contributed by atoms with van der Waals surface area (Å²) < 4.78 is 54.8. The molecule has 0 aliphatic heterocycles. The minimum Gasteiger partial charge on any atom is -0.479 e. The Kier molecular flexibility index (Phi) is 16.2. The Morgan fingerprint density at radius 3 is 1.93 bits per heavy atom. The molecule has 1 heterocycles. The summed E-state index contributed by atoms with van der Waals surface area (Å²) in [5.74, 6) is -3.93. The number of nitrogens with zero attached hydrogens (tertiary/aromatic N) is 5. The van der Waals surface area contributed by atoms with Crippen LogP contribution in [0.2, 0.25) is 0 Å². The Balaban J connectivity index is 0.000000703. The van der Waals surface area contributed by atoms with Crippen LogP contribution in [-0.2, 0) is 46.5 Å². The number of carbonyl (C=O) groups excluding carboxylic acids is 1. The van der Waals surface area contributed by atoms with Gasteiger partial charge in [-0.1, -0.05) is 68.4 Å². The molecule has 17 heteroatoms. The van der Waals surface area contributed by atoms with Gasteiger partial charge in [-0.2, -0.15) is 23.4 Å². The zero-order chi connectivity index (χ0) is 44.1. The van der Waals surface area contributed by atoms with E-state index in [4.69, 9.17) is 20.4 Å². The largest absolute Gasteiger partial charge is 0.479 e. The Labute approximate surface area is 342 Å². The summed E-state index contributed by atoms with van der Waals surface area (Å²) in [6.45, 7) is 7.03. The number of likely N-dealkylation sites (N-methyl/N-ethyl adjacent to an activating group) is 1. The molecule has 0 fully saturated rings. The van der Waals surface area contributed by atoms with Gasteiger partial charge >= 0.3 is 18.1 Å². The maximum atomic E-state index is 14.2. The summed E-state index contributed by atoms with van der Waals surface area (Å²) in [6.07, 6.45) is -8.30. The molecule has 0 aliphatic rings. The highest BCUT2D eigenvalue weighted by molar-refractivity contribution is 5.83. The smallest absolute Gasteiger partial charge is 0.416 e. The molecule has 316 valence electrons. The predicted molar refractivity (Wildman–Crippen MR) is 212 cm³/mol. The number of aromatic nitrogens is 2. The molecule has 5 rings (SSSR count). The summed E-state index contributed by atoms with van der Waals surface area (Å²) in [5, 5.41) is 42.2. The Morgan fingerprint density at radius 1 is 0.817 bits per heavy atom. The van der Waals surface area contributed by atoms with Gasteiger partial charge in [0.15, 0.2) is 12.2 Å². The quantitative estimate of drug-likeness (QED) is 0.0963. The summed E-state index contributed by atoms with van der Waals surface area (Å²) in [6, 6.07) is 25.5. The predicted octanol–water partition coefficient (Wildman–Crippen LogP) is 5.13. The average molecular weight is 834 g/mol. The standard InChI is InChI=1S/C39H37F4N5O2.C4H6O6/c1-3-46(4-2)21-22-47(25-28-9-13-29(14-10-28)30-15-17-32(18-16-30)39(41,42)43)37(49)26-48-35-8-6-5-7-33(35)38(50)45-36(48)20-12-27-11-19-34(40)31(23-27)24-44;5-1(3(7)8)2(6)4(9)10/h5-11,13-19,23H,3-4,12,20-22,25-26H2,1-2H3;1-2,5-6H,(H,7,8)(H,9,10). The van der Waals surface area contributed by atoms with E-state index >= 15 is 0 Å². The van der Waals surface area contributed by atoms with Gasteiger partial charge in [0, 0.05) is 26.1 Å². The number of aliphatic hydroxyl groups is 2. The Hall–Kier alpha value is -6.48. The summed E-state index contributed by atoms with van der Waals surface area (Å²) >= 11 is 0. The monoisotopic (exact) mass is 833 g/mol. The van der Waals surface area contributed by atoms with Crippen molar-refractivity contribution in [2.75, 3.05) is 26.2 Å². The van der Waals surface area contributed by atoms with Crippen LogP contribution < -0.4 is 5.56 Å². The number of rotatable bonds is 16. The van der Waals surface area contributed by atoms with E-state index in [0.29, 0.717) is 53.9 Å². The molecular weight excluding hydrogens is 790 g/mol. The van der Waals surface area contributed by atoms with Gasteiger partial charge in [0.05, 0.1) is 22.0 Å². The summed E-state index contributed by atoms with van der Waals surface area (Å²) in [7, 11) is 0. The fourth-order valence-corrected chi connectivity index (χ4v) is 6.18. The van der Waals surface area contributed by atoms with Crippen molar-refractivity contribution in [2.24, 2.45) is 0 Å². The molecule has 5 aromatic rings. The van der Waals surface area contributed by atoms with Crippen LogP contribution in [0.25, 0.3) is 22.0 Å². The van der Waals surface area contributed by atoms with Crippen molar-refractivity contribution < 1.29 is 52.4 Å². The lowest BCUT2D eigenvalue weighted by Gasteiger charge is -2.28. The second-order valence-corrected chi connectivity index (χ2v) is 13.5. The number of aliphatic carboxylic acids is 2. The van der Waals surface area contributed by atoms with E-state index < -0.39 is 47.3 Å². The van der Waals surface area contributed by atoms with Crippen LogP contribution in [0.15, 0.2) is 95.8 Å². The fraction of sp³-hybridized carbons (Fsp3) is 0.302. The lowest BCUT2D eigenvalue weighted by Crippen LogP contribution is -2.40. The minimum atomic E-state index is -4.41. The highest BCUT2D eigenvalue weighted by Gasteiger charge is 2.30. The highest BCUT2D eigenvalue weighted by atomic mass is 19.4. The Morgan fingerprint density at radius 2 is 1.38 bits per heavy atom. The lowest BCUT2D eigenvalue weighted by molar-refractivity contribution is -0.165. The Bertz CT molecular complexity index is 2360. The molecule has 0 radical (unpaired) electrons. The number of aliphatic hydroxyl groups excluding tert-OH is 2. The molecule has 2 atom stereocenters. The first-order chi connectivity index (χ1) is 28.5. The van der Waals surface area contributed by atoms with E-state index in [0.717, 1.165) is 36.3 Å². The fourth-order valence-electron chi connectivity index (χ4n) is 6.18. The van der Waals surface area contributed by atoms with Crippen LogP contribution in [0.4, 0.5) is 17.6 Å². The molecule has 2 unspecified atom stereocenters. The van der Waals surface area contributed by atoms with E-state index in [-0.39, 0.29) is 24.4 Å². The molecule has 60 heavy (non-hydrogen) atoms. The molecule has 0 spiro atoms. The van der Waals surface area contributed by atoms with Crippen LogP contribution in [-0.4, -0.2) is 96.0 Å².